The van der Waals surface area contributed by atoms with Crippen molar-refractivity contribution in [1.29, 1.82) is 0 Å². The zero-order chi connectivity index (χ0) is 52.4. The molecule has 1 heterocycles. The van der Waals surface area contributed by atoms with Crippen LogP contribution >= 0.6 is 0 Å². The fourth-order valence-electron chi connectivity index (χ4n) is 8.67. The normalized spacial score (nSPS) is 19.6. The average molecular weight is 1010 g/mol. The summed E-state index contributed by atoms with van der Waals surface area (Å²) in [5.74, 6) is -0.255. The number of hydrogen-bond acceptors (Lipinski definition) is 10. The summed E-state index contributed by atoms with van der Waals surface area (Å²) in [5.41, 5.74) is 0. The number of rotatable bonds is 49. The van der Waals surface area contributed by atoms with Crippen molar-refractivity contribution in [2.45, 2.75) is 281 Å². The Balaban J connectivity index is 2.07. The number of hydrogen-bond donors (Lipinski definition) is 6. The highest BCUT2D eigenvalue weighted by molar-refractivity contribution is 5.76. The first-order chi connectivity index (χ1) is 35.2. The molecular formula is C61H107NO10. The van der Waals surface area contributed by atoms with E-state index in [1.165, 1.54) is 109 Å². The Morgan fingerprint density at radius 1 is 0.542 bits per heavy atom. The van der Waals surface area contributed by atoms with E-state index in [1.54, 1.807) is 6.08 Å². The molecule has 0 aromatic rings. The molecule has 72 heavy (non-hydrogen) atoms. The number of carbonyl (C=O) groups is 2. The standard InChI is InChI=1S/C61H107NO10/c1-3-5-7-9-11-13-14-15-16-17-20-23-26-29-33-37-41-45-49-57(66)70-50-46-42-38-34-30-27-24-21-18-19-22-25-28-32-36-40-44-48-56(65)62-53(54(64)47-43-39-35-31-12-10-8-6-4-2)52-71-61-60(69)59(68)58(67)55(51-63)72-61/h4,6,12,16-18,21,27,30-31,43,47,53-55,58-61,63-64,67-69H,3,5,7-11,13-15,19-20,22-26,28-29,32-42,44-46,48-52H2,1-2H3,(H,62,65)/b6-4+,17-16-,21-18-,30-27-,31-12+,47-43+. The Morgan fingerprint density at radius 2 is 1.00 bits per heavy atom. The van der Waals surface area contributed by atoms with Crippen molar-refractivity contribution in [2.24, 2.45) is 0 Å². The lowest BCUT2D eigenvalue weighted by Crippen LogP contribution is -2.60. The molecule has 6 N–H and O–H groups in total. The van der Waals surface area contributed by atoms with E-state index in [2.05, 4.69) is 66.9 Å². The first-order valence-corrected chi connectivity index (χ1v) is 29.2. The molecule has 11 nitrogen and oxygen atoms in total. The Kier molecular flexibility index (Phi) is 46.9. The molecule has 7 unspecified atom stereocenters. The van der Waals surface area contributed by atoms with Gasteiger partial charge in [-0.05, 0) is 116 Å². The van der Waals surface area contributed by atoms with Gasteiger partial charge >= 0.3 is 5.97 Å². The summed E-state index contributed by atoms with van der Waals surface area (Å²) < 4.78 is 16.6. The predicted octanol–water partition coefficient (Wildman–Crippen LogP) is 13.2. The molecule has 0 aromatic heterocycles. The quantitative estimate of drug-likeness (QED) is 0.0195. The van der Waals surface area contributed by atoms with Crippen molar-refractivity contribution in [1.82, 2.24) is 5.32 Å². The van der Waals surface area contributed by atoms with Crippen LogP contribution in [0, 0.1) is 0 Å². The molecule has 0 radical (unpaired) electrons. The summed E-state index contributed by atoms with van der Waals surface area (Å²) in [4.78, 5) is 25.1. The molecule has 0 saturated carbocycles. The summed E-state index contributed by atoms with van der Waals surface area (Å²) >= 11 is 0. The van der Waals surface area contributed by atoms with Gasteiger partial charge in [0.1, 0.15) is 24.4 Å². The van der Waals surface area contributed by atoms with Gasteiger partial charge in [-0.3, -0.25) is 9.59 Å². The van der Waals surface area contributed by atoms with Crippen molar-refractivity contribution in [3.63, 3.8) is 0 Å². The largest absolute Gasteiger partial charge is 0.466 e. The SMILES string of the molecule is C/C=C/CC/C=C/CC/C=C/C(O)C(COC1OC(CO)C(O)C(O)C1O)NC(=O)CCCCCCCCC/C=C\C/C=C\CCCCCOC(=O)CCCCCCCCC/C=C\CCCCCCCCC. The van der Waals surface area contributed by atoms with Gasteiger partial charge in [0.05, 0.1) is 32.0 Å². The van der Waals surface area contributed by atoms with Crippen LogP contribution in [-0.2, 0) is 23.8 Å². The van der Waals surface area contributed by atoms with Crippen molar-refractivity contribution < 1.29 is 49.3 Å². The molecule has 1 saturated heterocycles. The molecule has 7 atom stereocenters. The number of aliphatic hydroxyl groups excluding tert-OH is 5. The lowest BCUT2D eigenvalue weighted by atomic mass is 9.99. The van der Waals surface area contributed by atoms with E-state index in [4.69, 9.17) is 14.2 Å². The van der Waals surface area contributed by atoms with Gasteiger partial charge in [0.25, 0.3) is 0 Å². The van der Waals surface area contributed by atoms with Gasteiger partial charge in [0, 0.05) is 12.8 Å². The maximum atomic E-state index is 13.0. The highest BCUT2D eigenvalue weighted by Crippen LogP contribution is 2.23. The summed E-state index contributed by atoms with van der Waals surface area (Å²) in [7, 11) is 0. The van der Waals surface area contributed by atoms with E-state index in [0.29, 0.717) is 25.9 Å². The van der Waals surface area contributed by atoms with Crippen LogP contribution in [0.1, 0.15) is 239 Å². The number of amides is 1. The molecular weight excluding hydrogens is 907 g/mol. The molecule has 0 bridgehead atoms. The van der Waals surface area contributed by atoms with Gasteiger partial charge < -0.3 is 45.1 Å². The third kappa shape index (κ3) is 39.5. The van der Waals surface area contributed by atoms with Crippen molar-refractivity contribution in [3.05, 3.63) is 72.9 Å². The third-order valence-electron chi connectivity index (χ3n) is 13.3. The molecule has 1 fully saturated rings. The Labute approximate surface area is 439 Å². The molecule has 416 valence electrons. The van der Waals surface area contributed by atoms with Gasteiger partial charge in [0.2, 0.25) is 5.91 Å². The van der Waals surface area contributed by atoms with E-state index >= 15 is 0 Å². The maximum Gasteiger partial charge on any atom is 0.305 e. The molecule has 1 aliphatic heterocycles. The number of aliphatic hydroxyl groups is 5. The van der Waals surface area contributed by atoms with E-state index in [9.17, 15) is 35.1 Å². The number of carbonyl (C=O) groups excluding carboxylic acids is 2. The number of allylic oxidation sites excluding steroid dienone is 11. The fraction of sp³-hybridized carbons (Fsp3) is 0.770. The molecule has 0 aliphatic carbocycles. The van der Waals surface area contributed by atoms with Crippen molar-refractivity contribution in [3.8, 4) is 0 Å². The van der Waals surface area contributed by atoms with Gasteiger partial charge in [-0.25, -0.2) is 0 Å². The Bertz CT molecular complexity index is 1430. The van der Waals surface area contributed by atoms with Gasteiger partial charge in [-0.1, -0.05) is 183 Å². The van der Waals surface area contributed by atoms with Crippen LogP contribution in [0.15, 0.2) is 72.9 Å². The zero-order valence-electron chi connectivity index (χ0n) is 45.6. The summed E-state index contributed by atoms with van der Waals surface area (Å²) in [6.45, 7) is 4.01. The first-order valence-electron chi connectivity index (χ1n) is 29.2. The monoisotopic (exact) mass is 1010 g/mol. The maximum absolute atomic E-state index is 13.0. The number of nitrogens with one attached hydrogen (secondary N) is 1. The Morgan fingerprint density at radius 3 is 1.54 bits per heavy atom. The molecule has 1 rings (SSSR count). The highest BCUT2D eigenvalue weighted by atomic mass is 16.7. The smallest absolute Gasteiger partial charge is 0.305 e. The van der Waals surface area contributed by atoms with Crippen LogP contribution in [0.5, 0.6) is 0 Å². The molecule has 11 heteroatoms. The van der Waals surface area contributed by atoms with Crippen LogP contribution in [0.2, 0.25) is 0 Å². The van der Waals surface area contributed by atoms with Crippen LogP contribution in [0.3, 0.4) is 0 Å². The number of ether oxygens (including phenoxy) is 3. The molecule has 1 aliphatic rings. The second kappa shape index (κ2) is 50.3. The van der Waals surface area contributed by atoms with E-state index in [0.717, 1.165) is 96.3 Å². The fourth-order valence-corrected chi connectivity index (χ4v) is 8.67. The summed E-state index contributed by atoms with van der Waals surface area (Å²) in [6, 6.07) is -0.847. The second-order valence-corrected chi connectivity index (χ2v) is 20.0. The van der Waals surface area contributed by atoms with Crippen LogP contribution < -0.4 is 5.32 Å². The zero-order valence-corrected chi connectivity index (χ0v) is 45.6. The Hall–Kier alpha value is -2.90. The molecule has 1 amide bonds. The highest BCUT2D eigenvalue weighted by Gasteiger charge is 2.44. The predicted molar refractivity (Wildman–Crippen MR) is 296 cm³/mol. The summed E-state index contributed by atoms with van der Waals surface area (Å²) in [6.07, 6.45) is 56.0. The minimum Gasteiger partial charge on any atom is -0.466 e. The van der Waals surface area contributed by atoms with Crippen LogP contribution in [-0.4, -0.2) is 100 Å². The topological polar surface area (TPSA) is 175 Å². The second-order valence-electron chi connectivity index (χ2n) is 20.0. The van der Waals surface area contributed by atoms with Crippen molar-refractivity contribution >= 4 is 11.9 Å². The van der Waals surface area contributed by atoms with E-state index < -0.39 is 49.5 Å². The van der Waals surface area contributed by atoms with Gasteiger partial charge in [0.15, 0.2) is 6.29 Å². The van der Waals surface area contributed by atoms with Crippen LogP contribution in [0.25, 0.3) is 0 Å². The average Bonchev–Trinajstić information content (AvgIpc) is 3.38. The van der Waals surface area contributed by atoms with Gasteiger partial charge in [-0.2, -0.15) is 0 Å². The third-order valence-corrected chi connectivity index (χ3v) is 13.3. The number of unbranched alkanes of at least 4 members (excludes halogenated alkanes) is 26. The minimum atomic E-state index is -1.59. The lowest BCUT2D eigenvalue weighted by Gasteiger charge is -2.40. The minimum absolute atomic E-state index is 0.0378. The molecule has 0 aromatic carbocycles. The lowest BCUT2D eigenvalue weighted by molar-refractivity contribution is -0.302. The van der Waals surface area contributed by atoms with Crippen LogP contribution in [0.4, 0.5) is 0 Å². The number of esters is 1. The first kappa shape index (κ1) is 67.1. The van der Waals surface area contributed by atoms with E-state index in [1.807, 2.05) is 19.1 Å². The van der Waals surface area contributed by atoms with Gasteiger partial charge in [-0.15, -0.1) is 0 Å². The van der Waals surface area contributed by atoms with Crippen molar-refractivity contribution in [2.75, 3.05) is 19.8 Å². The molecule has 0 spiro atoms. The summed E-state index contributed by atoms with van der Waals surface area (Å²) in [5, 5.41) is 54.1. The van der Waals surface area contributed by atoms with E-state index in [-0.39, 0.29) is 18.5 Å².